The molecule has 4 nitrogen and oxygen atoms in total. The lowest BCUT2D eigenvalue weighted by molar-refractivity contribution is -0.250. The van der Waals surface area contributed by atoms with Crippen molar-refractivity contribution in [3.8, 4) is 0 Å². The van der Waals surface area contributed by atoms with Crippen molar-refractivity contribution in [1.29, 1.82) is 0 Å². The number of carbonyl (C=O) groups is 1. The molecule has 5 aliphatic carbocycles. The quantitative estimate of drug-likeness (QED) is 0.262. The first-order valence-electron chi connectivity index (χ1n) is 16.9. The van der Waals surface area contributed by atoms with Crippen LogP contribution < -0.4 is 0 Å². The van der Waals surface area contributed by atoms with Crippen molar-refractivity contribution >= 4 is 5.97 Å². The summed E-state index contributed by atoms with van der Waals surface area (Å²) in [6.45, 7) is 26.8. The van der Waals surface area contributed by atoms with E-state index in [0.717, 1.165) is 50.5 Å². The van der Waals surface area contributed by atoms with Crippen molar-refractivity contribution in [2.24, 2.45) is 56.7 Å². The summed E-state index contributed by atoms with van der Waals surface area (Å²) < 4.78 is 11.7. The van der Waals surface area contributed by atoms with Crippen LogP contribution in [0.3, 0.4) is 0 Å². The number of morpholine rings is 1. The highest BCUT2D eigenvalue weighted by molar-refractivity contribution is 5.66. The number of allylic oxidation sites excluding steroid dienone is 1. The maximum Gasteiger partial charge on any atom is 0.302 e. The maximum atomic E-state index is 12.0. The predicted molar refractivity (Wildman–Crippen MR) is 162 cm³/mol. The molecule has 0 amide bonds. The number of nitrogens with zero attached hydrogens (tertiary/aromatic N) is 1. The van der Waals surface area contributed by atoms with Crippen LogP contribution in [0.25, 0.3) is 0 Å². The van der Waals surface area contributed by atoms with E-state index in [2.05, 4.69) is 53.0 Å². The summed E-state index contributed by atoms with van der Waals surface area (Å²) in [6, 6.07) is 0. The predicted octanol–water partition coefficient (Wildman–Crippen LogP) is 7.91. The van der Waals surface area contributed by atoms with Gasteiger partial charge in [-0.3, -0.25) is 9.69 Å². The van der Waals surface area contributed by atoms with Crippen LogP contribution in [0.15, 0.2) is 12.2 Å². The van der Waals surface area contributed by atoms with E-state index in [1.807, 2.05) is 0 Å². The molecule has 6 rings (SSSR count). The smallest absolute Gasteiger partial charge is 0.302 e. The normalized spacial score (nSPS) is 50.2. The highest BCUT2D eigenvalue weighted by Gasteiger charge is 2.71. The number of carbonyl (C=O) groups excluding carboxylic acids is 1. The first-order valence-corrected chi connectivity index (χ1v) is 16.9. The van der Waals surface area contributed by atoms with Gasteiger partial charge in [0.15, 0.2) is 0 Å². The van der Waals surface area contributed by atoms with E-state index < -0.39 is 0 Å². The number of hydrogen-bond acceptors (Lipinski definition) is 4. The minimum Gasteiger partial charge on any atom is -0.462 e. The van der Waals surface area contributed by atoms with Gasteiger partial charge in [0.1, 0.15) is 6.10 Å². The lowest BCUT2D eigenvalue weighted by Crippen LogP contribution is -2.67. The minimum atomic E-state index is -0.109. The first-order chi connectivity index (χ1) is 18.8. The molecular formula is C36H59NO3. The lowest BCUT2D eigenvalue weighted by Gasteiger charge is -2.73. The third-order valence-electron chi connectivity index (χ3n) is 15.1. The van der Waals surface area contributed by atoms with Crippen molar-refractivity contribution in [1.82, 2.24) is 4.90 Å². The van der Waals surface area contributed by atoms with Gasteiger partial charge >= 0.3 is 5.97 Å². The standard InChI is InChI=1S/C36H59NO3/c1-24(2)26-11-16-36(23-37-19-21-39-22-20-37)18-17-34(7)27(31(26)36)9-10-29-33(6)14-13-30(40-25(3)38)32(4,5)28(33)12-15-35(29,34)8/h26-31H,1,9-23H2,2-8H3/t26?,27?,28?,29?,30-,31?,33-,34+,35+,36+/m0/s1. The van der Waals surface area contributed by atoms with Crippen LogP contribution in [-0.4, -0.2) is 49.8 Å². The molecule has 0 aromatic rings. The van der Waals surface area contributed by atoms with Gasteiger partial charge in [-0.2, -0.15) is 0 Å². The van der Waals surface area contributed by atoms with Crippen LogP contribution in [0.1, 0.15) is 113 Å². The molecular weight excluding hydrogens is 494 g/mol. The Balaban J connectivity index is 1.32. The Labute approximate surface area is 245 Å². The summed E-state index contributed by atoms with van der Waals surface area (Å²) in [4.78, 5) is 14.8. The molecule has 1 saturated heterocycles. The van der Waals surface area contributed by atoms with Gasteiger partial charge in [0, 0.05) is 32.0 Å². The monoisotopic (exact) mass is 553 g/mol. The zero-order valence-corrected chi connectivity index (χ0v) is 26.9. The second-order valence-corrected chi connectivity index (χ2v) is 16.9. The molecule has 5 saturated carbocycles. The molecule has 1 heterocycles. The van der Waals surface area contributed by atoms with Crippen molar-refractivity contribution in [2.45, 2.75) is 119 Å². The van der Waals surface area contributed by atoms with E-state index in [1.165, 1.54) is 69.9 Å². The van der Waals surface area contributed by atoms with E-state index in [9.17, 15) is 4.79 Å². The molecule has 4 heteroatoms. The summed E-state index contributed by atoms with van der Waals surface area (Å²) >= 11 is 0. The molecule has 0 spiro atoms. The van der Waals surface area contributed by atoms with Gasteiger partial charge < -0.3 is 9.47 Å². The largest absolute Gasteiger partial charge is 0.462 e. The molecule has 10 atom stereocenters. The molecule has 6 fully saturated rings. The molecule has 0 aromatic heterocycles. The van der Waals surface area contributed by atoms with Crippen LogP contribution in [0.2, 0.25) is 0 Å². The second-order valence-electron chi connectivity index (χ2n) is 16.9. The minimum absolute atomic E-state index is 0.0358. The van der Waals surface area contributed by atoms with Gasteiger partial charge in [-0.25, -0.2) is 0 Å². The van der Waals surface area contributed by atoms with E-state index in [4.69, 9.17) is 9.47 Å². The van der Waals surface area contributed by atoms with Crippen molar-refractivity contribution in [3.05, 3.63) is 12.2 Å². The highest BCUT2D eigenvalue weighted by atomic mass is 16.5. The van der Waals surface area contributed by atoms with E-state index in [0.29, 0.717) is 33.5 Å². The van der Waals surface area contributed by atoms with E-state index in [-0.39, 0.29) is 17.5 Å². The lowest BCUT2D eigenvalue weighted by atomic mass is 9.32. The summed E-state index contributed by atoms with van der Waals surface area (Å²) in [5, 5.41) is 0. The Hall–Kier alpha value is -0.870. The van der Waals surface area contributed by atoms with Crippen molar-refractivity contribution in [2.75, 3.05) is 32.8 Å². The fourth-order valence-corrected chi connectivity index (χ4v) is 13.2. The molecule has 6 aliphatic rings. The fraction of sp³-hybridized carbons (Fsp3) is 0.917. The van der Waals surface area contributed by atoms with Gasteiger partial charge in [0.05, 0.1) is 13.2 Å². The average Bonchev–Trinajstić information content (AvgIpc) is 3.26. The van der Waals surface area contributed by atoms with Gasteiger partial charge in [-0.15, -0.1) is 0 Å². The molecule has 40 heavy (non-hydrogen) atoms. The summed E-state index contributed by atoms with van der Waals surface area (Å²) in [7, 11) is 0. The Kier molecular flexibility index (Phi) is 7.18. The topological polar surface area (TPSA) is 38.8 Å². The molecule has 0 N–H and O–H groups in total. The SMILES string of the molecule is C=C(C)C1CC[C@]2(CN3CCOCC3)CC[C@]3(C)C(CCC4[C@@]5(C)CC[C@H](OC(C)=O)C(C)(C)C5CC[C@]43C)C12. The Bertz CT molecular complexity index is 1020. The zero-order chi connectivity index (χ0) is 28.7. The third-order valence-corrected chi connectivity index (χ3v) is 15.1. The first kappa shape index (κ1) is 29.2. The highest BCUT2D eigenvalue weighted by Crippen LogP contribution is 2.77. The van der Waals surface area contributed by atoms with E-state index >= 15 is 0 Å². The molecule has 0 radical (unpaired) electrons. The fourth-order valence-electron chi connectivity index (χ4n) is 13.2. The van der Waals surface area contributed by atoms with Crippen LogP contribution in [0, 0.1) is 56.7 Å². The van der Waals surface area contributed by atoms with E-state index in [1.54, 1.807) is 6.92 Å². The number of hydrogen-bond donors (Lipinski definition) is 0. The summed E-state index contributed by atoms with van der Waals surface area (Å²) in [5.41, 5.74) is 3.03. The van der Waals surface area contributed by atoms with Crippen molar-refractivity contribution in [3.63, 3.8) is 0 Å². The van der Waals surface area contributed by atoms with Crippen LogP contribution in [0.5, 0.6) is 0 Å². The van der Waals surface area contributed by atoms with Gasteiger partial charge in [-0.05, 0) is 122 Å². The zero-order valence-electron chi connectivity index (χ0n) is 26.9. The number of fused-ring (bicyclic) bond motifs is 7. The maximum absolute atomic E-state index is 12.0. The van der Waals surface area contributed by atoms with Gasteiger partial charge in [-0.1, -0.05) is 46.8 Å². The Morgan fingerprint density at radius 1 is 0.850 bits per heavy atom. The molecule has 0 bridgehead atoms. The van der Waals surface area contributed by atoms with Gasteiger partial charge in [0.2, 0.25) is 0 Å². The van der Waals surface area contributed by atoms with Crippen LogP contribution >= 0.6 is 0 Å². The molecule has 226 valence electrons. The summed E-state index contributed by atoms with van der Waals surface area (Å²) in [5.74, 6) is 3.55. The van der Waals surface area contributed by atoms with Crippen LogP contribution in [-0.2, 0) is 14.3 Å². The molecule has 1 aliphatic heterocycles. The third kappa shape index (κ3) is 4.07. The van der Waals surface area contributed by atoms with Crippen molar-refractivity contribution < 1.29 is 14.3 Å². The molecule has 0 aromatic carbocycles. The second kappa shape index (κ2) is 9.83. The Morgan fingerprint density at radius 2 is 1.57 bits per heavy atom. The molecule has 5 unspecified atom stereocenters. The Morgan fingerprint density at radius 3 is 2.25 bits per heavy atom. The number of ether oxygens (including phenoxy) is 2. The van der Waals surface area contributed by atoms with Gasteiger partial charge in [0.25, 0.3) is 0 Å². The number of esters is 1. The summed E-state index contributed by atoms with van der Waals surface area (Å²) in [6.07, 6.45) is 13.2. The average molecular weight is 554 g/mol. The number of rotatable bonds is 4. The van der Waals surface area contributed by atoms with Crippen LogP contribution in [0.4, 0.5) is 0 Å².